The van der Waals surface area contributed by atoms with Crippen molar-refractivity contribution in [2.45, 2.75) is 18.8 Å². The summed E-state index contributed by atoms with van der Waals surface area (Å²) >= 11 is 0. The molecule has 0 bridgehead atoms. The van der Waals surface area contributed by atoms with Crippen molar-refractivity contribution in [3.63, 3.8) is 0 Å². The number of hydrogen-bond donors (Lipinski definition) is 1. The standard InChI is InChI=1S/C14H19N5O2/c1-17-7-5-11(15-17)14(21)19-6-3-4-10(9-19)12-8-13(20)18(2)16-12/h5,7-8,10,16H,3-4,6,9H2,1-2H3/t10-/m0/s1. The largest absolute Gasteiger partial charge is 0.337 e. The highest BCUT2D eigenvalue weighted by atomic mass is 16.2. The van der Waals surface area contributed by atoms with Crippen LogP contribution in [-0.2, 0) is 14.1 Å². The maximum absolute atomic E-state index is 12.4. The van der Waals surface area contributed by atoms with Gasteiger partial charge >= 0.3 is 0 Å². The van der Waals surface area contributed by atoms with E-state index in [1.165, 1.54) is 4.68 Å². The number of hydrogen-bond acceptors (Lipinski definition) is 3. The first-order chi connectivity index (χ1) is 10.0. The van der Waals surface area contributed by atoms with Gasteiger partial charge in [-0.3, -0.25) is 24.1 Å². The maximum atomic E-state index is 12.4. The Kier molecular flexibility index (Phi) is 3.40. The Morgan fingerprint density at radius 3 is 2.86 bits per heavy atom. The summed E-state index contributed by atoms with van der Waals surface area (Å²) in [5.74, 6) is 0.138. The fourth-order valence-electron chi connectivity index (χ4n) is 2.83. The Hall–Kier alpha value is -2.31. The normalized spacial score (nSPS) is 19.0. The molecule has 3 rings (SSSR count). The molecule has 112 valence electrons. The van der Waals surface area contributed by atoms with E-state index in [0.717, 1.165) is 25.1 Å². The summed E-state index contributed by atoms with van der Waals surface area (Å²) < 4.78 is 3.10. The number of amides is 1. The minimum absolute atomic E-state index is 0.0430. The van der Waals surface area contributed by atoms with Gasteiger partial charge in [-0.2, -0.15) is 5.10 Å². The molecule has 2 aromatic heterocycles. The summed E-state index contributed by atoms with van der Waals surface area (Å²) in [4.78, 5) is 25.8. The van der Waals surface area contributed by atoms with Crippen LogP contribution in [0.15, 0.2) is 23.1 Å². The minimum atomic E-state index is -0.0434. The van der Waals surface area contributed by atoms with Gasteiger partial charge < -0.3 is 4.90 Å². The van der Waals surface area contributed by atoms with Crippen LogP contribution in [0.25, 0.3) is 0 Å². The Labute approximate surface area is 122 Å². The highest BCUT2D eigenvalue weighted by Gasteiger charge is 2.27. The molecule has 0 saturated carbocycles. The second-order valence-electron chi connectivity index (χ2n) is 5.57. The number of carbonyl (C=O) groups excluding carboxylic acids is 1. The highest BCUT2D eigenvalue weighted by molar-refractivity contribution is 5.92. The van der Waals surface area contributed by atoms with Crippen molar-refractivity contribution in [3.8, 4) is 0 Å². The number of aromatic amines is 1. The molecule has 0 aliphatic carbocycles. The van der Waals surface area contributed by atoms with Crippen molar-refractivity contribution >= 4 is 5.91 Å². The van der Waals surface area contributed by atoms with Gasteiger partial charge in [0.1, 0.15) is 5.69 Å². The van der Waals surface area contributed by atoms with Gasteiger partial charge in [0, 0.05) is 51.1 Å². The molecule has 0 unspecified atom stereocenters. The highest BCUT2D eigenvalue weighted by Crippen LogP contribution is 2.25. The molecule has 2 aromatic rings. The molecular weight excluding hydrogens is 270 g/mol. The SMILES string of the molecule is Cn1ccc(C(=O)N2CCC[C@H](c3cc(=O)n(C)[nH]3)C2)n1. The third-order valence-electron chi connectivity index (χ3n) is 3.99. The van der Waals surface area contributed by atoms with Gasteiger partial charge in [0.15, 0.2) is 0 Å². The molecule has 1 fully saturated rings. The van der Waals surface area contributed by atoms with Crippen molar-refractivity contribution in [3.05, 3.63) is 40.1 Å². The van der Waals surface area contributed by atoms with Crippen molar-refractivity contribution in [1.82, 2.24) is 24.5 Å². The van der Waals surface area contributed by atoms with Gasteiger partial charge in [0.2, 0.25) is 0 Å². The zero-order chi connectivity index (χ0) is 15.0. The van der Waals surface area contributed by atoms with Crippen LogP contribution in [0.1, 0.15) is 34.9 Å². The van der Waals surface area contributed by atoms with E-state index in [9.17, 15) is 9.59 Å². The third kappa shape index (κ3) is 2.63. The number of nitrogens with one attached hydrogen (secondary N) is 1. The summed E-state index contributed by atoms with van der Waals surface area (Å²) in [5.41, 5.74) is 1.33. The fourth-order valence-corrected chi connectivity index (χ4v) is 2.83. The van der Waals surface area contributed by atoms with Gasteiger partial charge in [-0.25, -0.2) is 0 Å². The Morgan fingerprint density at radius 1 is 1.43 bits per heavy atom. The predicted octanol–water partition coefficient (Wildman–Crippen LogP) is 0.467. The lowest BCUT2D eigenvalue weighted by atomic mass is 9.95. The average Bonchev–Trinajstić information content (AvgIpc) is 3.05. The summed E-state index contributed by atoms with van der Waals surface area (Å²) in [6.07, 6.45) is 3.68. The molecule has 3 heterocycles. The van der Waals surface area contributed by atoms with E-state index in [0.29, 0.717) is 12.2 Å². The molecule has 1 aliphatic rings. The number of piperidine rings is 1. The molecule has 21 heavy (non-hydrogen) atoms. The number of carbonyl (C=O) groups is 1. The van der Waals surface area contributed by atoms with E-state index in [4.69, 9.17) is 0 Å². The quantitative estimate of drug-likeness (QED) is 0.873. The molecule has 1 amide bonds. The maximum Gasteiger partial charge on any atom is 0.274 e. The Morgan fingerprint density at radius 2 is 2.24 bits per heavy atom. The van der Waals surface area contributed by atoms with Crippen LogP contribution in [0.4, 0.5) is 0 Å². The van der Waals surface area contributed by atoms with Crippen molar-refractivity contribution in [2.24, 2.45) is 14.1 Å². The van der Waals surface area contributed by atoms with Gasteiger partial charge in [0.25, 0.3) is 11.5 Å². The molecular formula is C14H19N5O2. The lowest BCUT2D eigenvalue weighted by molar-refractivity contribution is 0.0699. The average molecular weight is 289 g/mol. The summed E-state index contributed by atoms with van der Waals surface area (Å²) in [7, 11) is 3.50. The van der Waals surface area contributed by atoms with Gasteiger partial charge in [-0.15, -0.1) is 0 Å². The van der Waals surface area contributed by atoms with Crippen LogP contribution in [-0.4, -0.2) is 43.5 Å². The van der Waals surface area contributed by atoms with Crippen LogP contribution < -0.4 is 5.56 Å². The van der Waals surface area contributed by atoms with E-state index >= 15 is 0 Å². The topological polar surface area (TPSA) is 75.9 Å². The molecule has 1 aliphatic heterocycles. The first kappa shape index (κ1) is 13.7. The van der Waals surface area contributed by atoms with Crippen molar-refractivity contribution in [2.75, 3.05) is 13.1 Å². The molecule has 1 saturated heterocycles. The zero-order valence-corrected chi connectivity index (χ0v) is 12.2. The van der Waals surface area contributed by atoms with Crippen LogP contribution >= 0.6 is 0 Å². The molecule has 1 atom stereocenters. The molecule has 1 N–H and O–H groups in total. The first-order valence-electron chi connectivity index (χ1n) is 7.09. The van der Waals surface area contributed by atoms with Crippen LogP contribution in [0, 0.1) is 0 Å². The fraction of sp³-hybridized carbons (Fsp3) is 0.500. The lowest BCUT2D eigenvalue weighted by Crippen LogP contribution is -2.39. The molecule has 7 heteroatoms. The first-order valence-corrected chi connectivity index (χ1v) is 7.09. The van der Waals surface area contributed by atoms with Gasteiger partial charge in [-0.05, 0) is 18.9 Å². The van der Waals surface area contributed by atoms with Gasteiger partial charge in [-0.1, -0.05) is 0 Å². The molecule has 0 spiro atoms. The molecule has 7 nitrogen and oxygen atoms in total. The second-order valence-corrected chi connectivity index (χ2v) is 5.57. The molecule has 0 aromatic carbocycles. The number of aryl methyl sites for hydroxylation is 2. The van der Waals surface area contributed by atoms with Crippen LogP contribution in [0.3, 0.4) is 0 Å². The summed E-state index contributed by atoms with van der Waals surface area (Å²) in [6.45, 7) is 1.36. The van der Waals surface area contributed by atoms with Crippen molar-refractivity contribution < 1.29 is 4.79 Å². The number of rotatable bonds is 2. The summed E-state index contributed by atoms with van der Waals surface area (Å²) in [6, 6.07) is 3.36. The monoisotopic (exact) mass is 289 g/mol. The van der Waals surface area contributed by atoms with Crippen LogP contribution in [0.2, 0.25) is 0 Å². The van der Waals surface area contributed by atoms with E-state index in [1.807, 2.05) is 4.90 Å². The number of nitrogens with zero attached hydrogens (tertiary/aromatic N) is 4. The van der Waals surface area contributed by atoms with E-state index in [2.05, 4.69) is 10.2 Å². The number of aromatic nitrogens is 4. The minimum Gasteiger partial charge on any atom is -0.337 e. The van der Waals surface area contributed by atoms with E-state index < -0.39 is 0 Å². The lowest BCUT2D eigenvalue weighted by Gasteiger charge is -2.31. The van der Waals surface area contributed by atoms with E-state index in [-0.39, 0.29) is 17.4 Å². The van der Waals surface area contributed by atoms with Crippen molar-refractivity contribution in [1.29, 1.82) is 0 Å². The smallest absolute Gasteiger partial charge is 0.274 e. The summed E-state index contributed by atoms with van der Waals surface area (Å²) in [5, 5.41) is 7.23. The number of H-pyrrole nitrogens is 1. The second kappa shape index (κ2) is 5.23. The van der Waals surface area contributed by atoms with E-state index in [1.54, 1.807) is 37.1 Å². The third-order valence-corrected chi connectivity index (χ3v) is 3.99. The zero-order valence-electron chi connectivity index (χ0n) is 12.2. The Balaban J connectivity index is 1.76. The molecule has 0 radical (unpaired) electrons. The van der Waals surface area contributed by atoms with Gasteiger partial charge in [0.05, 0.1) is 0 Å². The predicted molar refractivity (Wildman–Crippen MR) is 77.1 cm³/mol. The van der Waals surface area contributed by atoms with Crippen LogP contribution in [0.5, 0.6) is 0 Å². The Bertz CT molecular complexity index is 711. The number of likely N-dealkylation sites (tertiary alicyclic amines) is 1.